The van der Waals surface area contributed by atoms with Crippen molar-refractivity contribution >= 4 is 27.2 Å². The Morgan fingerprint density at radius 2 is 2.25 bits per heavy atom. The van der Waals surface area contributed by atoms with Gasteiger partial charge in [0.1, 0.15) is 10.4 Å². The van der Waals surface area contributed by atoms with Crippen LogP contribution in [-0.4, -0.2) is 10.2 Å². The van der Waals surface area contributed by atoms with E-state index >= 15 is 0 Å². The number of fused-ring (bicyclic) bond motifs is 1. The number of nitrogens with two attached hydrogens (primary N) is 1. The third-order valence-corrected chi connectivity index (χ3v) is 3.11. The molecule has 0 saturated heterocycles. The molecule has 3 N–H and O–H groups in total. The Hall–Kier alpha value is -2.01. The summed E-state index contributed by atoms with van der Waals surface area (Å²) in [5.41, 5.74) is 7.34. The second kappa shape index (κ2) is 3.53. The van der Waals surface area contributed by atoms with Crippen LogP contribution in [0.25, 0.3) is 10.2 Å². The van der Waals surface area contributed by atoms with Gasteiger partial charge in [-0.1, -0.05) is 6.07 Å². The Bertz CT molecular complexity index is 629. The molecule has 0 unspecified atom stereocenters. The number of hydrogen-bond acceptors (Lipinski definition) is 4. The number of benzene rings is 1. The normalized spacial score (nSPS) is 10.8. The van der Waals surface area contributed by atoms with Crippen LogP contribution in [0.1, 0.15) is 0 Å². The van der Waals surface area contributed by atoms with Gasteiger partial charge in [-0.15, -0.1) is 16.4 Å². The molecule has 2 heterocycles. The minimum atomic E-state index is 0.593. The van der Waals surface area contributed by atoms with E-state index < -0.39 is 0 Å². The average molecular weight is 231 g/mol. The number of nitrogens with one attached hydrogen (secondary N) is 1. The molecule has 3 rings (SSSR count). The zero-order chi connectivity index (χ0) is 11.0. The summed E-state index contributed by atoms with van der Waals surface area (Å²) in [6, 6.07) is 9.26. The topological polar surface area (TPSA) is 63.9 Å². The zero-order valence-electron chi connectivity index (χ0n) is 8.31. The van der Waals surface area contributed by atoms with Crippen LogP contribution in [0.3, 0.4) is 0 Å². The van der Waals surface area contributed by atoms with Gasteiger partial charge in [-0.25, -0.2) is 0 Å². The van der Waals surface area contributed by atoms with Gasteiger partial charge in [0.25, 0.3) is 5.88 Å². The van der Waals surface area contributed by atoms with Crippen molar-refractivity contribution in [1.82, 2.24) is 10.2 Å². The first kappa shape index (κ1) is 9.23. The predicted octanol–water partition coefficient (Wildman–Crippen LogP) is 3.00. The van der Waals surface area contributed by atoms with Crippen LogP contribution in [-0.2, 0) is 0 Å². The molecule has 0 amide bonds. The third kappa shape index (κ3) is 1.51. The van der Waals surface area contributed by atoms with Crippen molar-refractivity contribution in [2.24, 2.45) is 0 Å². The molecule has 1 aromatic carbocycles. The van der Waals surface area contributed by atoms with Crippen molar-refractivity contribution in [1.29, 1.82) is 0 Å². The van der Waals surface area contributed by atoms with Crippen LogP contribution in [0.5, 0.6) is 11.6 Å². The lowest BCUT2D eigenvalue weighted by Crippen LogP contribution is -1.87. The van der Waals surface area contributed by atoms with E-state index in [0.29, 0.717) is 17.3 Å². The zero-order valence-corrected chi connectivity index (χ0v) is 9.12. The first-order chi connectivity index (χ1) is 7.83. The van der Waals surface area contributed by atoms with E-state index in [4.69, 9.17) is 10.5 Å². The molecule has 0 spiro atoms. The summed E-state index contributed by atoms with van der Waals surface area (Å²) < 4.78 is 6.67. The molecule has 0 bridgehead atoms. The molecule has 0 atom stereocenters. The molecule has 0 fully saturated rings. The molecule has 0 aliphatic heterocycles. The van der Waals surface area contributed by atoms with E-state index in [1.807, 2.05) is 29.6 Å². The van der Waals surface area contributed by atoms with Crippen LogP contribution in [0.2, 0.25) is 0 Å². The summed E-state index contributed by atoms with van der Waals surface area (Å²) in [4.78, 5) is 0. The summed E-state index contributed by atoms with van der Waals surface area (Å²) in [5, 5.41) is 9.00. The summed E-state index contributed by atoms with van der Waals surface area (Å²) in [6.07, 6.45) is 0. The highest BCUT2D eigenvalue weighted by atomic mass is 32.1. The second-order valence-corrected chi connectivity index (χ2v) is 4.28. The van der Waals surface area contributed by atoms with Gasteiger partial charge in [-0.3, -0.25) is 5.10 Å². The number of hydrogen-bond donors (Lipinski definition) is 2. The van der Waals surface area contributed by atoms with Crippen LogP contribution in [0.4, 0.5) is 5.69 Å². The maximum Gasteiger partial charge on any atom is 0.256 e. The number of nitrogen functional groups attached to an aromatic ring is 1. The molecule has 2 aromatic heterocycles. The highest BCUT2D eigenvalue weighted by Gasteiger charge is 2.08. The minimum Gasteiger partial charge on any atom is -0.436 e. The molecule has 4 nitrogen and oxygen atoms in total. The quantitative estimate of drug-likeness (QED) is 0.666. The molecule has 0 radical (unpaired) electrons. The number of H-pyrrole nitrogens is 1. The molecular formula is C11H9N3OS. The lowest BCUT2D eigenvalue weighted by Gasteiger charge is -2.02. The van der Waals surface area contributed by atoms with Gasteiger partial charge in [-0.2, -0.15) is 0 Å². The molecule has 0 aliphatic carbocycles. The van der Waals surface area contributed by atoms with Gasteiger partial charge in [0.15, 0.2) is 0 Å². The molecule has 16 heavy (non-hydrogen) atoms. The summed E-state index contributed by atoms with van der Waals surface area (Å²) in [5.74, 6) is 1.29. The van der Waals surface area contributed by atoms with E-state index in [1.165, 1.54) is 0 Å². The number of anilines is 1. The van der Waals surface area contributed by atoms with Crippen molar-refractivity contribution in [3.8, 4) is 11.6 Å². The molecule has 3 aromatic rings. The molecule has 5 heteroatoms. The van der Waals surface area contributed by atoms with Crippen molar-refractivity contribution < 1.29 is 4.74 Å². The SMILES string of the molecule is Nc1cccc(Oc2n[nH]c3ccsc23)c1. The number of thiophene rings is 1. The van der Waals surface area contributed by atoms with Crippen LogP contribution >= 0.6 is 11.3 Å². The lowest BCUT2D eigenvalue weighted by molar-refractivity contribution is 0.467. The van der Waals surface area contributed by atoms with Gasteiger partial charge in [-0.05, 0) is 23.6 Å². The third-order valence-electron chi connectivity index (χ3n) is 2.21. The highest BCUT2D eigenvalue weighted by molar-refractivity contribution is 7.17. The first-order valence-electron chi connectivity index (χ1n) is 4.78. The number of aromatic amines is 1. The van der Waals surface area contributed by atoms with Gasteiger partial charge < -0.3 is 10.5 Å². The van der Waals surface area contributed by atoms with Crippen molar-refractivity contribution in [3.05, 3.63) is 35.7 Å². The van der Waals surface area contributed by atoms with Gasteiger partial charge >= 0.3 is 0 Å². The van der Waals surface area contributed by atoms with Crippen molar-refractivity contribution in [2.75, 3.05) is 5.73 Å². The van der Waals surface area contributed by atoms with Crippen LogP contribution in [0, 0.1) is 0 Å². The first-order valence-corrected chi connectivity index (χ1v) is 5.66. The highest BCUT2D eigenvalue weighted by Crippen LogP contribution is 2.31. The van der Waals surface area contributed by atoms with E-state index in [-0.39, 0.29) is 0 Å². The van der Waals surface area contributed by atoms with Crippen LogP contribution in [0.15, 0.2) is 35.7 Å². The Morgan fingerprint density at radius 1 is 1.31 bits per heavy atom. The predicted molar refractivity (Wildman–Crippen MR) is 64.9 cm³/mol. The van der Waals surface area contributed by atoms with Gasteiger partial charge in [0.2, 0.25) is 0 Å². The number of aromatic nitrogens is 2. The largest absolute Gasteiger partial charge is 0.436 e. The Labute approximate surface area is 95.7 Å². The van der Waals surface area contributed by atoms with E-state index in [1.54, 1.807) is 17.4 Å². The van der Waals surface area contributed by atoms with Gasteiger partial charge in [0, 0.05) is 11.8 Å². The summed E-state index contributed by atoms with van der Waals surface area (Å²) >= 11 is 1.59. The Kier molecular flexibility index (Phi) is 2.04. The van der Waals surface area contributed by atoms with Crippen molar-refractivity contribution in [3.63, 3.8) is 0 Å². The standard InChI is InChI=1S/C11H9N3OS/c12-7-2-1-3-8(6-7)15-11-10-9(13-14-11)4-5-16-10/h1-6H,12H2,(H,13,14). The second-order valence-electron chi connectivity index (χ2n) is 3.37. The van der Waals surface area contributed by atoms with Crippen LogP contribution < -0.4 is 10.5 Å². The maximum absolute atomic E-state index is 5.67. The van der Waals surface area contributed by atoms with Crippen molar-refractivity contribution in [2.45, 2.75) is 0 Å². The summed E-state index contributed by atoms with van der Waals surface area (Å²) in [6.45, 7) is 0. The average Bonchev–Trinajstić information content (AvgIpc) is 2.83. The van der Waals surface area contributed by atoms with Gasteiger partial charge in [0.05, 0.1) is 5.52 Å². The maximum atomic E-state index is 5.67. The minimum absolute atomic E-state index is 0.593. The van der Waals surface area contributed by atoms with E-state index in [9.17, 15) is 0 Å². The lowest BCUT2D eigenvalue weighted by atomic mass is 10.3. The smallest absolute Gasteiger partial charge is 0.256 e. The fourth-order valence-corrected chi connectivity index (χ4v) is 2.25. The Balaban J connectivity index is 1.98. The molecule has 80 valence electrons. The van der Waals surface area contributed by atoms with E-state index in [0.717, 1.165) is 10.2 Å². The number of ether oxygens (including phenoxy) is 1. The number of rotatable bonds is 2. The Morgan fingerprint density at radius 3 is 3.12 bits per heavy atom. The fraction of sp³-hybridized carbons (Fsp3) is 0. The fourth-order valence-electron chi connectivity index (χ4n) is 1.48. The summed E-state index contributed by atoms with van der Waals surface area (Å²) in [7, 11) is 0. The molecule has 0 saturated carbocycles. The molecular weight excluding hydrogens is 222 g/mol. The van der Waals surface area contributed by atoms with E-state index in [2.05, 4.69) is 10.2 Å². The number of nitrogens with zero attached hydrogens (tertiary/aromatic N) is 1. The monoisotopic (exact) mass is 231 g/mol. The molecule has 0 aliphatic rings.